The first-order valence-electron chi connectivity index (χ1n) is 5.65. The molecular formula is C13H21NO. The lowest BCUT2D eigenvalue weighted by Crippen LogP contribution is -2.13. The van der Waals surface area contributed by atoms with Crippen LogP contribution in [0.2, 0.25) is 0 Å². The molecule has 15 heavy (non-hydrogen) atoms. The van der Waals surface area contributed by atoms with E-state index in [1.165, 1.54) is 0 Å². The molecular weight excluding hydrogens is 186 g/mol. The van der Waals surface area contributed by atoms with Crippen LogP contribution in [-0.2, 0) is 0 Å². The summed E-state index contributed by atoms with van der Waals surface area (Å²) in [5, 5.41) is 3.42. The third kappa shape index (κ3) is 4.24. The average molecular weight is 207 g/mol. The van der Waals surface area contributed by atoms with Gasteiger partial charge in [-0.15, -0.1) is 0 Å². The van der Waals surface area contributed by atoms with E-state index in [1.54, 1.807) is 0 Å². The fourth-order valence-corrected chi connectivity index (χ4v) is 1.29. The maximum atomic E-state index is 5.57. The first-order chi connectivity index (χ1) is 7.11. The first-order valence-corrected chi connectivity index (χ1v) is 5.65. The Kier molecular flexibility index (Phi) is 4.47. The summed E-state index contributed by atoms with van der Waals surface area (Å²) in [4.78, 5) is 0. The fourth-order valence-electron chi connectivity index (χ4n) is 1.29. The predicted molar refractivity (Wildman–Crippen MR) is 65.6 cm³/mol. The summed E-state index contributed by atoms with van der Waals surface area (Å²) in [5.41, 5.74) is 1.15. The normalized spacial score (nSPS) is 12.6. The van der Waals surface area contributed by atoms with E-state index < -0.39 is 0 Å². The van der Waals surface area contributed by atoms with Crippen LogP contribution in [0.5, 0.6) is 5.75 Å². The van der Waals surface area contributed by atoms with E-state index in [-0.39, 0.29) is 6.10 Å². The largest absolute Gasteiger partial charge is 0.491 e. The van der Waals surface area contributed by atoms with Crippen molar-refractivity contribution in [2.75, 3.05) is 5.32 Å². The van der Waals surface area contributed by atoms with Crippen LogP contribution in [0, 0.1) is 0 Å². The summed E-state index contributed by atoms with van der Waals surface area (Å²) in [6, 6.07) is 8.64. The summed E-state index contributed by atoms with van der Waals surface area (Å²) in [6.45, 7) is 8.42. The van der Waals surface area contributed by atoms with Crippen molar-refractivity contribution in [3.05, 3.63) is 24.3 Å². The SMILES string of the molecule is CC[C@@H](C)Nc1ccc(OC(C)C)cc1. The van der Waals surface area contributed by atoms with Gasteiger partial charge in [-0.3, -0.25) is 0 Å². The Labute approximate surface area is 92.6 Å². The lowest BCUT2D eigenvalue weighted by molar-refractivity contribution is 0.242. The minimum atomic E-state index is 0.235. The topological polar surface area (TPSA) is 21.3 Å². The highest BCUT2D eigenvalue weighted by molar-refractivity contribution is 5.46. The van der Waals surface area contributed by atoms with Crippen molar-refractivity contribution in [2.24, 2.45) is 0 Å². The van der Waals surface area contributed by atoms with Crippen molar-refractivity contribution >= 4 is 5.69 Å². The highest BCUT2D eigenvalue weighted by Gasteiger charge is 2.00. The molecule has 2 heteroatoms. The molecule has 1 aromatic rings. The van der Waals surface area contributed by atoms with Crippen LogP contribution in [0.3, 0.4) is 0 Å². The van der Waals surface area contributed by atoms with E-state index in [9.17, 15) is 0 Å². The molecule has 0 aliphatic carbocycles. The fraction of sp³-hybridized carbons (Fsp3) is 0.538. The van der Waals surface area contributed by atoms with Gasteiger partial charge in [-0.2, -0.15) is 0 Å². The average Bonchev–Trinajstić information content (AvgIpc) is 2.20. The molecule has 1 aromatic carbocycles. The Bertz CT molecular complexity index is 279. The summed E-state index contributed by atoms with van der Waals surface area (Å²) >= 11 is 0. The first kappa shape index (κ1) is 11.9. The van der Waals surface area contributed by atoms with Crippen LogP contribution in [0.1, 0.15) is 34.1 Å². The molecule has 0 heterocycles. The van der Waals surface area contributed by atoms with E-state index >= 15 is 0 Å². The minimum Gasteiger partial charge on any atom is -0.491 e. The summed E-state index contributed by atoms with van der Waals surface area (Å²) in [5.74, 6) is 0.930. The molecule has 0 bridgehead atoms. The van der Waals surface area contributed by atoms with Gasteiger partial charge >= 0.3 is 0 Å². The van der Waals surface area contributed by atoms with Crippen LogP contribution in [0.15, 0.2) is 24.3 Å². The van der Waals surface area contributed by atoms with Gasteiger partial charge in [0.25, 0.3) is 0 Å². The number of benzene rings is 1. The van der Waals surface area contributed by atoms with E-state index in [1.807, 2.05) is 26.0 Å². The van der Waals surface area contributed by atoms with Gasteiger partial charge in [0.1, 0.15) is 5.75 Å². The van der Waals surface area contributed by atoms with Gasteiger partial charge in [0.2, 0.25) is 0 Å². The highest BCUT2D eigenvalue weighted by atomic mass is 16.5. The molecule has 84 valence electrons. The maximum Gasteiger partial charge on any atom is 0.119 e. The van der Waals surface area contributed by atoms with Crippen molar-refractivity contribution in [3.63, 3.8) is 0 Å². The number of ether oxygens (including phenoxy) is 1. The van der Waals surface area contributed by atoms with Gasteiger partial charge in [0.05, 0.1) is 6.10 Å². The molecule has 0 aliphatic rings. The Morgan fingerprint density at radius 2 is 1.73 bits per heavy atom. The molecule has 1 N–H and O–H groups in total. The standard InChI is InChI=1S/C13H21NO/c1-5-11(4)14-12-6-8-13(9-7-12)15-10(2)3/h6-11,14H,5H2,1-4H3/t11-/m1/s1. The zero-order valence-electron chi connectivity index (χ0n) is 10.1. The van der Waals surface area contributed by atoms with Crippen LogP contribution in [0.4, 0.5) is 5.69 Å². The van der Waals surface area contributed by atoms with Crippen molar-refractivity contribution < 1.29 is 4.74 Å². The third-order valence-electron chi connectivity index (χ3n) is 2.25. The van der Waals surface area contributed by atoms with E-state index in [0.29, 0.717) is 6.04 Å². The van der Waals surface area contributed by atoms with E-state index in [0.717, 1.165) is 17.9 Å². The van der Waals surface area contributed by atoms with Gasteiger partial charge in [-0.25, -0.2) is 0 Å². The molecule has 0 spiro atoms. The Morgan fingerprint density at radius 1 is 1.13 bits per heavy atom. The van der Waals surface area contributed by atoms with Gasteiger partial charge in [0, 0.05) is 11.7 Å². The monoisotopic (exact) mass is 207 g/mol. The van der Waals surface area contributed by atoms with Gasteiger partial charge in [0.15, 0.2) is 0 Å². The maximum absolute atomic E-state index is 5.57. The number of nitrogens with one attached hydrogen (secondary N) is 1. The molecule has 1 atom stereocenters. The molecule has 0 saturated carbocycles. The van der Waals surface area contributed by atoms with Crippen LogP contribution in [-0.4, -0.2) is 12.1 Å². The highest BCUT2D eigenvalue weighted by Crippen LogP contribution is 2.17. The molecule has 0 amide bonds. The molecule has 2 nitrogen and oxygen atoms in total. The number of hydrogen-bond donors (Lipinski definition) is 1. The quantitative estimate of drug-likeness (QED) is 0.795. The molecule has 0 unspecified atom stereocenters. The van der Waals surface area contributed by atoms with Crippen molar-refractivity contribution in [3.8, 4) is 5.75 Å². The molecule has 0 aromatic heterocycles. The molecule has 1 rings (SSSR count). The Morgan fingerprint density at radius 3 is 2.20 bits per heavy atom. The Hall–Kier alpha value is -1.18. The molecule has 0 saturated heterocycles. The second-order valence-electron chi connectivity index (χ2n) is 4.14. The van der Waals surface area contributed by atoms with E-state index in [4.69, 9.17) is 4.74 Å². The van der Waals surface area contributed by atoms with Crippen LogP contribution in [0.25, 0.3) is 0 Å². The minimum absolute atomic E-state index is 0.235. The van der Waals surface area contributed by atoms with E-state index in [2.05, 4.69) is 31.3 Å². The smallest absolute Gasteiger partial charge is 0.119 e. The lowest BCUT2D eigenvalue weighted by Gasteiger charge is -2.14. The van der Waals surface area contributed by atoms with Crippen molar-refractivity contribution in [1.82, 2.24) is 0 Å². The number of anilines is 1. The number of rotatable bonds is 5. The molecule has 0 fully saturated rings. The number of hydrogen-bond acceptors (Lipinski definition) is 2. The molecule has 0 aliphatic heterocycles. The van der Waals surface area contributed by atoms with Crippen molar-refractivity contribution in [2.45, 2.75) is 46.3 Å². The predicted octanol–water partition coefficient (Wildman–Crippen LogP) is 3.68. The van der Waals surface area contributed by atoms with Gasteiger partial charge in [-0.05, 0) is 51.5 Å². The summed E-state index contributed by atoms with van der Waals surface area (Å²) in [7, 11) is 0. The molecule has 0 radical (unpaired) electrons. The van der Waals surface area contributed by atoms with Crippen molar-refractivity contribution in [1.29, 1.82) is 0 Å². The van der Waals surface area contributed by atoms with Gasteiger partial charge < -0.3 is 10.1 Å². The zero-order chi connectivity index (χ0) is 11.3. The Balaban J connectivity index is 2.56. The third-order valence-corrected chi connectivity index (χ3v) is 2.25. The van der Waals surface area contributed by atoms with Crippen LogP contribution >= 0.6 is 0 Å². The second kappa shape index (κ2) is 5.64. The summed E-state index contributed by atoms with van der Waals surface area (Å²) < 4.78 is 5.57. The zero-order valence-corrected chi connectivity index (χ0v) is 10.1. The van der Waals surface area contributed by atoms with Gasteiger partial charge in [-0.1, -0.05) is 6.92 Å². The second-order valence-corrected chi connectivity index (χ2v) is 4.14. The van der Waals surface area contributed by atoms with Crippen LogP contribution < -0.4 is 10.1 Å². The lowest BCUT2D eigenvalue weighted by atomic mass is 10.2. The summed E-state index contributed by atoms with van der Waals surface area (Å²) in [6.07, 6.45) is 1.36.